The van der Waals surface area contributed by atoms with E-state index in [1.165, 1.54) is 24.4 Å². The Morgan fingerprint density at radius 3 is 2.35 bits per heavy atom. The minimum atomic E-state index is -0.863. The second-order valence-electron chi connectivity index (χ2n) is 3.85. The van der Waals surface area contributed by atoms with Crippen molar-refractivity contribution in [1.29, 1.82) is 0 Å². The molecule has 0 bridgehead atoms. The van der Waals surface area contributed by atoms with Crippen molar-refractivity contribution in [1.82, 2.24) is 4.98 Å². The molecule has 0 saturated carbocycles. The number of hydrogen-bond donors (Lipinski definition) is 2. The van der Waals surface area contributed by atoms with Crippen molar-refractivity contribution in [3.8, 4) is 0 Å². The Labute approximate surface area is 118 Å². The molecule has 0 fully saturated rings. The number of carbonyl (C=O) groups excluding carboxylic acids is 1. The number of nitrogens with zero attached hydrogens (tertiary/aromatic N) is 1. The van der Waals surface area contributed by atoms with Gasteiger partial charge in [-0.2, -0.15) is 0 Å². The zero-order chi connectivity index (χ0) is 14.7. The van der Waals surface area contributed by atoms with Gasteiger partial charge in [0.2, 0.25) is 0 Å². The summed E-state index contributed by atoms with van der Waals surface area (Å²) in [4.78, 5) is 15.8. The van der Waals surface area contributed by atoms with E-state index in [4.69, 9.17) is 18.0 Å². The van der Waals surface area contributed by atoms with Crippen LogP contribution >= 0.6 is 12.2 Å². The average Bonchev–Trinajstić information content (AvgIpc) is 2.43. The van der Waals surface area contributed by atoms with Gasteiger partial charge in [-0.15, -0.1) is 0 Å². The molecule has 1 aromatic heterocycles. The van der Waals surface area contributed by atoms with Crippen LogP contribution in [0.25, 0.3) is 0 Å². The summed E-state index contributed by atoms with van der Waals surface area (Å²) < 4.78 is 26.8. The summed E-state index contributed by atoms with van der Waals surface area (Å²) in [6, 6.07) is 6.16. The van der Waals surface area contributed by atoms with Crippen LogP contribution in [0.3, 0.4) is 0 Å². The lowest BCUT2D eigenvalue weighted by Gasteiger charge is -2.07. The molecule has 4 nitrogen and oxygen atoms in total. The summed E-state index contributed by atoms with van der Waals surface area (Å²) in [5, 5.41) is 2.13. The first-order valence-corrected chi connectivity index (χ1v) is 5.91. The number of pyridine rings is 1. The van der Waals surface area contributed by atoms with Gasteiger partial charge < -0.3 is 11.1 Å². The molecule has 1 amide bonds. The smallest absolute Gasteiger partial charge is 0.274 e. The van der Waals surface area contributed by atoms with Crippen molar-refractivity contribution in [2.24, 2.45) is 5.73 Å². The van der Waals surface area contributed by atoms with Gasteiger partial charge >= 0.3 is 0 Å². The summed E-state index contributed by atoms with van der Waals surface area (Å²) in [5.74, 6) is -2.46. The van der Waals surface area contributed by atoms with E-state index in [9.17, 15) is 13.6 Å². The predicted molar refractivity (Wildman–Crippen MR) is 74.4 cm³/mol. The van der Waals surface area contributed by atoms with Crippen LogP contribution in [0, 0.1) is 11.6 Å². The molecule has 20 heavy (non-hydrogen) atoms. The first kappa shape index (κ1) is 14.0. The van der Waals surface area contributed by atoms with Crippen molar-refractivity contribution in [2.75, 3.05) is 5.32 Å². The fourth-order valence-corrected chi connectivity index (χ4v) is 1.59. The molecule has 1 aromatic carbocycles. The largest absolute Gasteiger partial charge is 0.389 e. The highest BCUT2D eigenvalue weighted by molar-refractivity contribution is 7.80. The molecule has 0 saturated heterocycles. The van der Waals surface area contributed by atoms with Crippen molar-refractivity contribution in [3.05, 3.63) is 59.4 Å². The van der Waals surface area contributed by atoms with E-state index in [1.54, 1.807) is 0 Å². The van der Waals surface area contributed by atoms with E-state index in [0.717, 1.165) is 12.1 Å². The van der Waals surface area contributed by atoms with E-state index in [-0.39, 0.29) is 10.7 Å². The van der Waals surface area contributed by atoms with Gasteiger partial charge in [0.15, 0.2) is 0 Å². The molecule has 2 rings (SSSR count). The molecule has 0 spiro atoms. The highest BCUT2D eigenvalue weighted by Gasteiger charge is 2.14. The van der Waals surface area contributed by atoms with Gasteiger partial charge in [0, 0.05) is 11.8 Å². The highest BCUT2D eigenvalue weighted by Crippen LogP contribution is 2.18. The summed E-state index contributed by atoms with van der Waals surface area (Å²) in [6.45, 7) is 0. The minimum Gasteiger partial charge on any atom is -0.389 e. The average molecular weight is 293 g/mol. The van der Waals surface area contributed by atoms with Gasteiger partial charge in [-0.05, 0) is 24.3 Å². The lowest BCUT2D eigenvalue weighted by molar-refractivity contribution is 0.102. The summed E-state index contributed by atoms with van der Waals surface area (Å²) >= 11 is 4.75. The molecule has 0 aliphatic carbocycles. The van der Waals surface area contributed by atoms with E-state index in [2.05, 4.69) is 10.3 Å². The van der Waals surface area contributed by atoms with Gasteiger partial charge in [-0.3, -0.25) is 9.78 Å². The minimum absolute atomic E-state index is 0.00680. The Kier molecular flexibility index (Phi) is 3.99. The molecular formula is C13H9F2N3OS. The van der Waals surface area contributed by atoms with E-state index >= 15 is 0 Å². The Morgan fingerprint density at radius 1 is 1.20 bits per heavy atom. The van der Waals surface area contributed by atoms with Gasteiger partial charge in [0.05, 0.1) is 0 Å². The van der Waals surface area contributed by atoms with Crippen LogP contribution in [0.4, 0.5) is 14.5 Å². The molecule has 0 aliphatic heterocycles. The standard InChI is InChI=1S/C13H9F2N3OS/c14-8-2-1-3-9(15)11(8)18-13(19)10-5-4-7(6-17-10)12(16)20/h1-6H,(H2,16,20)(H,18,19). The Hall–Kier alpha value is -2.41. The zero-order valence-corrected chi connectivity index (χ0v) is 10.9. The van der Waals surface area contributed by atoms with Gasteiger partial charge in [-0.1, -0.05) is 18.3 Å². The molecular weight excluding hydrogens is 284 g/mol. The van der Waals surface area contributed by atoms with Crippen LogP contribution in [0.5, 0.6) is 0 Å². The van der Waals surface area contributed by atoms with Gasteiger partial charge in [0.1, 0.15) is 28.0 Å². The lowest BCUT2D eigenvalue weighted by Crippen LogP contribution is -2.17. The maximum absolute atomic E-state index is 13.4. The number of nitrogens with two attached hydrogens (primary N) is 1. The summed E-state index contributed by atoms with van der Waals surface area (Å²) in [5.41, 5.74) is 5.37. The number of aromatic nitrogens is 1. The van der Waals surface area contributed by atoms with Crippen LogP contribution < -0.4 is 11.1 Å². The van der Waals surface area contributed by atoms with Crippen LogP contribution in [-0.4, -0.2) is 15.9 Å². The van der Waals surface area contributed by atoms with Crippen molar-refractivity contribution >= 4 is 28.8 Å². The van der Waals surface area contributed by atoms with E-state index in [0.29, 0.717) is 5.56 Å². The topological polar surface area (TPSA) is 68.0 Å². The third-order valence-electron chi connectivity index (χ3n) is 2.48. The molecule has 0 unspecified atom stereocenters. The van der Waals surface area contributed by atoms with Crippen LogP contribution in [0.1, 0.15) is 16.1 Å². The molecule has 0 radical (unpaired) electrons. The lowest BCUT2D eigenvalue weighted by atomic mass is 10.2. The third-order valence-corrected chi connectivity index (χ3v) is 2.72. The van der Waals surface area contributed by atoms with Gasteiger partial charge in [-0.25, -0.2) is 8.78 Å². The number of hydrogen-bond acceptors (Lipinski definition) is 3. The molecule has 2 aromatic rings. The first-order chi connectivity index (χ1) is 9.49. The van der Waals surface area contributed by atoms with Crippen LogP contribution in [0.2, 0.25) is 0 Å². The normalized spacial score (nSPS) is 10.1. The Balaban J connectivity index is 2.22. The maximum Gasteiger partial charge on any atom is 0.274 e. The first-order valence-electron chi connectivity index (χ1n) is 5.50. The number of nitrogens with one attached hydrogen (secondary N) is 1. The quantitative estimate of drug-likeness (QED) is 0.852. The predicted octanol–water partition coefficient (Wildman–Crippen LogP) is 2.25. The fraction of sp³-hybridized carbons (Fsp3) is 0. The Morgan fingerprint density at radius 2 is 1.85 bits per heavy atom. The van der Waals surface area contributed by atoms with Crippen LogP contribution in [-0.2, 0) is 0 Å². The number of anilines is 1. The molecule has 0 aliphatic rings. The summed E-state index contributed by atoms with van der Waals surface area (Å²) in [6.07, 6.45) is 1.31. The number of halogens is 2. The SMILES string of the molecule is NC(=S)c1ccc(C(=O)Nc2c(F)cccc2F)nc1. The second-order valence-corrected chi connectivity index (χ2v) is 4.29. The van der Waals surface area contributed by atoms with Crippen LogP contribution in [0.15, 0.2) is 36.5 Å². The molecule has 1 heterocycles. The maximum atomic E-state index is 13.4. The van der Waals surface area contributed by atoms with E-state index in [1.807, 2.05) is 0 Å². The number of para-hydroxylation sites is 1. The molecule has 102 valence electrons. The molecule has 7 heteroatoms. The van der Waals surface area contributed by atoms with Crippen molar-refractivity contribution in [2.45, 2.75) is 0 Å². The Bertz CT molecular complexity index is 654. The number of thiocarbonyl (C=S) groups is 1. The van der Waals surface area contributed by atoms with Gasteiger partial charge in [0.25, 0.3) is 5.91 Å². The number of carbonyl (C=O) groups is 1. The van der Waals surface area contributed by atoms with Crippen molar-refractivity contribution in [3.63, 3.8) is 0 Å². The molecule has 3 N–H and O–H groups in total. The highest BCUT2D eigenvalue weighted by atomic mass is 32.1. The number of rotatable bonds is 3. The fourth-order valence-electron chi connectivity index (χ4n) is 1.47. The van der Waals surface area contributed by atoms with Crippen molar-refractivity contribution < 1.29 is 13.6 Å². The third kappa shape index (κ3) is 2.94. The monoisotopic (exact) mass is 293 g/mol. The summed E-state index contributed by atoms with van der Waals surface area (Å²) in [7, 11) is 0. The molecule has 0 atom stereocenters. The zero-order valence-electron chi connectivity index (χ0n) is 10.1. The number of benzene rings is 1. The number of amides is 1. The second kappa shape index (κ2) is 5.70. The van der Waals surface area contributed by atoms with E-state index < -0.39 is 23.2 Å².